The van der Waals surface area contributed by atoms with Crippen LogP contribution in [0.3, 0.4) is 0 Å². The molecule has 0 fully saturated rings. The Kier molecular flexibility index (Phi) is 4.47. The van der Waals surface area contributed by atoms with Gasteiger partial charge in [0.15, 0.2) is 11.6 Å². The van der Waals surface area contributed by atoms with Gasteiger partial charge in [0.25, 0.3) is 0 Å². The molecule has 112 valence electrons. The zero-order chi connectivity index (χ0) is 15.5. The van der Waals surface area contributed by atoms with E-state index in [1.165, 1.54) is 24.3 Å². The van der Waals surface area contributed by atoms with E-state index in [4.69, 9.17) is 9.84 Å². The van der Waals surface area contributed by atoms with Crippen molar-refractivity contribution in [1.29, 1.82) is 0 Å². The van der Waals surface area contributed by atoms with Crippen molar-refractivity contribution in [1.82, 2.24) is 0 Å². The molecule has 0 amide bonds. The predicted octanol–water partition coefficient (Wildman–Crippen LogP) is 3.92. The number of hydrogen-bond donors (Lipinski definition) is 1. The predicted molar refractivity (Wildman–Crippen MR) is 68.1 cm³/mol. The van der Waals surface area contributed by atoms with Crippen molar-refractivity contribution in [3.63, 3.8) is 0 Å². The second-order valence-electron chi connectivity index (χ2n) is 4.37. The van der Waals surface area contributed by atoms with Gasteiger partial charge in [0.1, 0.15) is 6.61 Å². The van der Waals surface area contributed by atoms with Gasteiger partial charge in [-0.1, -0.05) is 24.3 Å². The molecule has 2 aromatic rings. The summed E-state index contributed by atoms with van der Waals surface area (Å²) in [5.41, 5.74) is -0.293. The van der Waals surface area contributed by atoms with Crippen LogP contribution in [0.25, 0.3) is 0 Å². The minimum Gasteiger partial charge on any atom is -0.485 e. The first kappa shape index (κ1) is 15.3. The van der Waals surface area contributed by atoms with Crippen LogP contribution in [0.15, 0.2) is 42.5 Å². The van der Waals surface area contributed by atoms with Gasteiger partial charge in [-0.3, -0.25) is 0 Å². The first-order valence-corrected chi connectivity index (χ1v) is 6.09. The monoisotopic (exact) mass is 300 g/mol. The largest absolute Gasteiger partial charge is 0.485 e. The first-order chi connectivity index (χ1) is 9.91. The van der Waals surface area contributed by atoms with Gasteiger partial charge in [-0.15, -0.1) is 0 Å². The molecule has 0 spiro atoms. The zero-order valence-electron chi connectivity index (χ0n) is 10.8. The van der Waals surface area contributed by atoms with Crippen molar-refractivity contribution >= 4 is 0 Å². The molecule has 0 aliphatic rings. The lowest BCUT2D eigenvalue weighted by molar-refractivity contribution is -0.137. The number of aliphatic hydroxyl groups excluding tert-OH is 1. The van der Waals surface area contributed by atoms with E-state index >= 15 is 0 Å². The summed E-state index contributed by atoms with van der Waals surface area (Å²) in [5.74, 6) is -0.828. The lowest BCUT2D eigenvalue weighted by Crippen LogP contribution is -2.07. The van der Waals surface area contributed by atoms with Gasteiger partial charge in [-0.2, -0.15) is 13.2 Å². The van der Waals surface area contributed by atoms with Gasteiger partial charge >= 0.3 is 6.18 Å². The first-order valence-electron chi connectivity index (χ1n) is 6.09. The number of para-hydroxylation sites is 1. The number of rotatable bonds is 4. The van der Waals surface area contributed by atoms with Crippen molar-refractivity contribution in [3.05, 3.63) is 65.0 Å². The molecule has 0 bridgehead atoms. The van der Waals surface area contributed by atoms with E-state index in [0.717, 1.165) is 18.2 Å². The molecular formula is C15H12F4O2. The van der Waals surface area contributed by atoms with Crippen LogP contribution in [0.5, 0.6) is 5.75 Å². The molecule has 0 atom stereocenters. The highest BCUT2D eigenvalue weighted by Gasteiger charge is 2.30. The average Bonchev–Trinajstić information content (AvgIpc) is 2.45. The van der Waals surface area contributed by atoms with Gasteiger partial charge in [0, 0.05) is 5.56 Å². The molecule has 2 nitrogen and oxygen atoms in total. The third kappa shape index (κ3) is 3.72. The number of halogens is 4. The second kappa shape index (κ2) is 6.13. The number of benzene rings is 2. The number of aliphatic hydroxyl groups is 1. The maximum absolute atomic E-state index is 13.6. The molecule has 21 heavy (non-hydrogen) atoms. The smallest absolute Gasteiger partial charge is 0.416 e. The van der Waals surface area contributed by atoms with Gasteiger partial charge < -0.3 is 9.84 Å². The molecule has 0 radical (unpaired) electrons. The summed E-state index contributed by atoms with van der Waals surface area (Å²) in [7, 11) is 0. The summed E-state index contributed by atoms with van der Waals surface area (Å²) in [6, 6.07) is 8.65. The molecule has 2 aromatic carbocycles. The highest BCUT2D eigenvalue weighted by Crippen LogP contribution is 2.30. The van der Waals surface area contributed by atoms with E-state index in [9.17, 15) is 17.6 Å². The number of alkyl halides is 3. The molecule has 0 aliphatic carbocycles. The van der Waals surface area contributed by atoms with E-state index in [1.807, 2.05) is 0 Å². The fourth-order valence-corrected chi connectivity index (χ4v) is 1.83. The Bertz CT molecular complexity index is 623. The maximum atomic E-state index is 13.6. The molecule has 0 unspecified atom stereocenters. The van der Waals surface area contributed by atoms with Crippen molar-refractivity contribution < 1.29 is 27.4 Å². The van der Waals surface area contributed by atoms with Crippen LogP contribution in [0.1, 0.15) is 16.7 Å². The Balaban J connectivity index is 2.18. The van der Waals surface area contributed by atoms with Crippen LogP contribution in [0, 0.1) is 5.82 Å². The standard InChI is InChI=1S/C15H12F4O2/c16-13-6-2-4-11(8-20)14(13)21-9-10-3-1-5-12(7-10)15(17,18)19/h1-7,20H,8-9H2. The third-order valence-corrected chi connectivity index (χ3v) is 2.86. The maximum Gasteiger partial charge on any atom is 0.416 e. The quantitative estimate of drug-likeness (QED) is 0.867. The molecule has 0 aliphatic heterocycles. The summed E-state index contributed by atoms with van der Waals surface area (Å²) in [5, 5.41) is 9.10. The van der Waals surface area contributed by atoms with Crippen LogP contribution < -0.4 is 4.74 Å². The highest BCUT2D eigenvalue weighted by molar-refractivity contribution is 5.35. The van der Waals surface area contributed by atoms with Crippen LogP contribution in [0.4, 0.5) is 17.6 Å². The molecule has 0 saturated heterocycles. The fraction of sp³-hybridized carbons (Fsp3) is 0.200. The van der Waals surface area contributed by atoms with Crippen molar-refractivity contribution in [3.8, 4) is 5.75 Å². The van der Waals surface area contributed by atoms with E-state index in [2.05, 4.69) is 0 Å². The molecule has 2 rings (SSSR count). The zero-order valence-corrected chi connectivity index (χ0v) is 10.8. The van der Waals surface area contributed by atoms with E-state index in [-0.39, 0.29) is 23.5 Å². The van der Waals surface area contributed by atoms with Crippen molar-refractivity contribution in [2.45, 2.75) is 19.4 Å². The summed E-state index contributed by atoms with van der Waals surface area (Å²) in [6.45, 7) is -0.645. The number of ether oxygens (including phenoxy) is 1. The topological polar surface area (TPSA) is 29.5 Å². The SMILES string of the molecule is OCc1cccc(F)c1OCc1cccc(C(F)(F)F)c1. The van der Waals surface area contributed by atoms with Gasteiger partial charge in [0.2, 0.25) is 0 Å². The van der Waals surface area contributed by atoms with E-state index in [1.54, 1.807) is 0 Å². The molecule has 0 aromatic heterocycles. The summed E-state index contributed by atoms with van der Waals surface area (Å²) < 4.78 is 56.5. The third-order valence-electron chi connectivity index (χ3n) is 2.86. The summed E-state index contributed by atoms with van der Waals surface area (Å²) in [6.07, 6.45) is -4.44. The van der Waals surface area contributed by atoms with Crippen molar-refractivity contribution in [2.24, 2.45) is 0 Å². The lowest BCUT2D eigenvalue weighted by Gasteiger charge is -2.12. The normalized spacial score (nSPS) is 11.5. The Labute approximate surface area is 118 Å². The molecule has 0 heterocycles. The van der Waals surface area contributed by atoms with E-state index in [0.29, 0.717) is 0 Å². The van der Waals surface area contributed by atoms with Crippen LogP contribution in [-0.2, 0) is 19.4 Å². The van der Waals surface area contributed by atoms with Gasteiger partial charge in [-0.05, 0) is 23.8 Å². The fourth-order valence-electron chi connectivity index (χ4n) is 1.83. The van der Waals surface area contributed by atoms with E-state index < -0.39 is 24.2 Å². The lowest BCUT2D eigenvalue weighted by atomic mass is 10.1. The average molecular weight is 300 g/mol. The molecule has 0 saturated carbocycles. The minimum atomic E-state index is -4.44. The Morgan fingerprint density at radius 3 is 2.43 bits per heavy atom. The summed E-state index contributed by atoms with van der Waals surface area (Å²) >= 11 is 0. The molecule has 6 heteroatoms. The van der Waals surface area contributed by atoms with Crippen LogP contribution >= 0.6 is 0 Å². The highest BCUT2D eigenvalue weighted by atomic mass is 19.4. The van der Waals surface area contributed by atoms with Crippen LogP contribution in [0.2, 0.25) is 0 Å². The Hall–Kier alpha value is -2.08. The second-order valence-corrected chi connectivity index (χ2v) is 4.37. The molecular weight excluding hydrogens is 288 g/mol. The summed E-state index contributed by atoms with van der Waals surface area (Å²) in [4.78, 5) is 0. The van der Waals surface area contributed by atoms with Crippen LogP contribution in [-0.4, -0.2) is 5.11 Å². The Morgan fingerprint density at radius 2 is 1.76 bits per heavy atom. The Morgan fingerprint density at radius 1 is 1.05 bits per heavy atom. The van der Waals surface area contributed by atoms with Crippen molar-refractivity contribution in [2.75, 3.05) is 0 Å². The van der Waals surface area contributed by atoms with Gasteiger partial charge in [0.05, 0.1) is 12.2 Å². The van der Waals surface area contributed by atoms with Gasteiger partial charge in [-0.25, -0.2) is 4.39 Å². The minimum absolute atomic E-state index is 0.155. The number of hydrogen-bond acceptors (Lipinski definition) is 2. The molecule has 1 N–H and O–H groups in total.